The number of nitrogens with one attached hydrogen (secondary N) is 2. The van der Waals surface area contributed by atoms with Crippen LogP contribution < -0.4 is 16.4 Å². The number of halogens is 2. The number of anilines is 2. The van der Waals surface area contributed by atoms with Gasteiger partial charge in [0.2, 0.25) is 11.8 Å². The summed E-state index contributed by atoms with van der Waals surface area (Å²) >= 11 is 11.9. The molecule has 1 aromatic heterocycles. The largest absolute Gasteiger partial charge is 0.368 e. The summed E-state index contributed by atoms with van der Waals surface area (Å²) in [6, 6.07) is 6.03. The summed E-state index contributed by atoms with van der Waals surface area (Å²) in [5, 5.41) is 10.3. The minimum Gasteiger partial charge on any atom is -0.368 e. The lowest BCUT2D eigenvalue weighted by molar-refractivity contribution is -0.119. The van der Waals surface area contributed by atoms with Crippen LogP contribution in [0.15, 0.2) is 30.5 Å². The number of amides is 2. The lowest BCUT2D eigenvalue weighted by atomic mass is 10.2. The van der Waals surface area contributed by atoms with Crippen LogP contribution in [-0.4, -0.2) is 27.6 Å². The van der Waals surface area contributed by atoms with Crippen molar-refractivity contribution in [2.24, 2.45) is 5.73 Å². The van der Waals surface area contributed by atoms with Crippen molar-refractivity contribution in [1.29, 1.82) is 0 Å². The van der Waals surface area contributed by atoms with Gasteiger partial charge in [-0.2, -0.15) is 5.10 Å². The van der Waals surface area contributed by atoms with Crippen LogP contribution in [0, 0.1) is 0 Å². The average molecular weight is 356 g/mol. The first-order valence-electron chi connectivity index (χ1n) is 6.70. The minimum absolute atomic E-state index is 0.0274. The molecule has 0 radical (unpaired) electrons. The van der Waals surface area contributed by atoms with Gasteiger partial charge >= 0.3 is 0 Å². The van der Waals surface area contributed by atoms with E-state index in [9.17, 15) is 9.59 Å². The van der Waals surface area contributed by atoms with Gasteiger partial charge in [0, 0.05) is 12.3 Å². The van der Waals surface area contributed by atoms with Gasteiger partial charge in [-0.3, -0.25) is 14.3 Å². The Kier molecular flexibility index (Phi) is 5.46. The number of carbonyl (C=O) groups excluding carboxylic acids is 2. The summed E-state index contributed by atoms with van der Waals surface area (Å²) in [4.78, 5) is 23.0. The van der Waals surface area contributed by atoms with Gasteiger partial charge in [-0.1, -0.05) is 29.3 Å². The number of carbonyl (C=O) groups is 2. The average Bonchev–Trinajstić information content (AvgIpc) is 2.90. The zero-order valence-electron chi connectivity index (χ0n) is 12.2. The highest BCUT2D eigenvalue weighted by atomic mass is 35.5. The third kappa shape index (κ3) is 4.61. The maximum atomic E-state index is 12.2. The van der Waals surface area contributed by atoms with Crippen LogP contribution in [0.1, 0.15) is 6.92 Å². The molecule has 23 heavy (non-hydrogen) atoms. The Balaban J connectivity index is 1.98. The van der Waals surface area contributed by atoms with Crippen LogP contribution in [-0.2, 0) is 16.1 Å². The van der Waals surface area contributed by atoms with E-state index in [1.807, 2.05) is 0 Å². The molecule has 0 saturated heterocycles. The third-order valence-electron chi connectivity index (χ3n) is 2.93. The summed E-state index contributed by atoms with van der Waals surface area (Å²) in [5.74, 6) is -0.356. The first kappa shape index (κ1) is 17.1. The summed E-state index contributed by atoms with van der Waals surface area (Å²) in [7, 11) is 0. The molecule has 0 saturated carbocycles. The molecule has 2 aromatic rings. The van der Waals surface area contributed by atoms with E-state index in [4.69, 9.17) is 28.9 Å². The molecule has 2 amide bonds. The number of nitrogens with zero attached hydrogens (tertiary/aromatic N) is 2. The van der Waals surface area contributed by atoms with Crippen LogP contribution in [0.2, 0.25) is 10.0 Å². The van der Waals surface area contributed by atoms with Gasteiger partial charge < -0.3 is 16.4 Å². The van der Waals surface area contributed by atoms with Gasteiger partial charge in [0.25, 0.3) is 0 Å². The predicted molar refractivity (Wildman–Crippen MR) is 89.6 cm³/mol. The number of aromatic nitrogens is 2. The zero-order chi connectivity index (χ0) is 17.0. The van der Waals surface area contributed by atoms with Crippen molar-refractivity contribution < 1.29 is 9.59 Å². The lowest BCUT2D eigenvalue weighted by Gasteiger charge is -2.14. The number of hydrogen-bond acceptors (Lipinski definition) is 4. The molecule has 1 unspecified atom stereocenters. The Bertz CT molecular complexity index is 732. The molecular formula is C14H15Cl2N5O2. The van der Waals surface area contributed by atoms with E-state index in [0.717, 1.165) is 0 Å². The fourth-order valence-electron chi connectivity index (χ4n) is 1.82. The van der Waals surface area contributed by atoms with Crippen molar-refractivity contribution in [2.75, 3.05) is 10.6 Å². The molecule has 0 bridgehead atoms. The van der Waals surface area contributed by atoms with Crippen molar-refractivity contribution >= 4 is 46.5 Å². The highest BCUT2D eigenvalue weighted by Crippen LogP contribution is 2.29. The molecule has 7 nitrogen and oxygen atoms in total. The Morgan fingerprint density at radius 1 is 1.35 bits per heavy atom. The highest BCUT2D eigenvalue weighted by molar-refractivity contribution is 6.44. The first-order chi connectivity index (χ1) is 10.9. The highest BCUT2D eigenvalue weighted by Gasteiger charge is 2.16. The molecule has 0 spiro atoms. The molecule has 4 N–H and O–H groups in total. The van der Waals surface area contributed by atoms with Crippen LogP contribution in [0.25, 0.3) is 0 Å². The topological polar surface area (TPSA) is 102 Å². The SMILES string of the molecule is CC(Nc1ccn(CC(N)=O)n1)C(=O)Nc1cccc(Cl)c1Cl. The monoisotopic (exact) mass is 355 g/mol. The molecule has 0 aliphatic rings. The predicted octanol–water partition coefficient (Wildman–Crippen LogP) is 2.11. The smallest absolute Gasteiger partial charge is 0.246 e. The number of benzene rings is 1. The summed E-state index contributed by atoms with van der Waals surface area (Å²) in [6.07, 6.45) is 1.59. The van der Waals surface area contributed by atoms with Gasteiger partial charge in [-0.25, -0.2) is 0 Å². The first-order valence-corrected chi connectivity index (χ1v) is 7.45. The van der Waals surface area contributed by atoms with Crippen molar-refractivity contribution in [1.82, 2.24) is 9.78 Å². The summed E-state index contributed by atoms with van der Waals surface area (Å²) < 4.78 is 1.38. The molecule has 1 atom stereocenters. The molecule has 1 aromatic carbocycles. The Labute approximate surface area is 142 Å². The summed E-state index contributed by atoms with van der Waals surface area (Å²) in [5.41, 5.74) is 5.52. The summed E-state index contributed by atoms with van der Waals surface area (Å²) in [6.45, 7) is 1.64. The van der Waals surface area contributed by atoms with Crippen molar-refractivity contribution in [2.45, 2.75) is 19.5 Å². The van der Waals surface area contributed by atoms with Gasteiger partial charge in [0.1, 0.15) is 18.4 Å². The van der Waals surface area contributed by atoms with Gasteiger partial charge in [-0.15, -0.1) is 0 Å². The van der Waals surface area contributed by atoms with Gasteiger partial charge in [0.05, 0.1) is 15.7 Å². The van der Waals surface area contributed by atoms with E-state index < -0.39 is 11.9 Å². The number of primary amides is 1. The molecule has 0 aliphatic heterocycles. The third-order valence-corrected chi connectivity index (χ3v) is 3.74. The standard InChI is InChI=1S/C14H15Cl2N5O2/c1-8(18-12-5-6-21(20-12)7-11(17)22)14(23)19-10-4-2-3-9(15)13(10)16/h2-6,8H,7H2,1H3,(H2,17,22)(H,18,20)(H,19,23). The second kappa shape index (κ2) is 7.34. The van der Waals surface area contributed by atoms with Crippen LogP contribution in [0.3, 0.4) is 0 Å². The van der Waals surface area contributed by atoms with Crippen molar-refractivity contribution in [3.8, 4) is 0 Å². The van der Waals surface area contributed by atoms with E-state index in [0.29, 0.717) is 16.5 Å². The van der Waals surface area contributed by atoms with Gasteiger partial charge in [0.15, 0.2) is 0 Å². The van der Waals surface area contributed by atoms with E-state index in [-0.39, 0.29) is 17.5 Å². The lowest BCUT2D eigenvalue weighted by Crippen LogP contribution is -2.32. The number of hydrogen-bond donors (Lipinski definition) is 3. The molecule has 1 heterocycles. The number of rotatable bonds is 6. The fraction of sp³-hybridized carbons (Fsp3) is 0.214. The molecule has 2 rings (SSSR count). The maximum absolute atomic E-state index is 12.2. The quantitative estimate of drug-likeness (QED) is 0.738. The van der Waals surface area contributed by atoms with Crippen LogP contribution >= 0.6 is 23.2 Å². The second-order valence-electron chi connectivity index (χ2n) is 4.82. The second-order valence-corrected chi connectivity index (χ2v) is 5.61. The van der Waals surface area contributed by atoms with E-state index in [1.54, 1.807) is 37.4 Å². The Morgan fingerprint density at radius 2 is 2.09 bits per heavy atom. The van der Waals surface area contributed by atoms with Crippen molar-refractivity contribution in [3.05, 3.63) is 40.5 Å². The fourth-order valence-corrected chi connectivity index (χ4v) is 2.16. The maximum Gasteiger partial charge on any atom is 0.246 e. The minimum atomic E-state index is -0.582. The Morgan fingerprint density at radius 3 is 2.78 bits per heavy atom. The van der Waals surface area contributed by atoms with Crippen LogP contribution in [0.5, 0.6) is 0 Å². The zero-order valence-corrected chi connectivity index (χ0v) is 13.7. The molecule has 9 heteroatoms. The molecule has 0 aliphatic carbocycles. The van der Waals surface area contributed by atoms with E-state index in [1.165, 1.54) is 4.68 Å². The van der Waals surface area contributed by atoms with E-state index >= 15 is 0 Å². The molecule has 0 fully saturated rings. The molecular weight excluding hydrogens is 341 g/mol. The van der Waals surface area contributed by atoms with Gasteiger partial charge in [-0.05, 0) is 19.1 Å². The molecule has 122 valence electrons. The van der Waals surface area contributed by atoms with Crippen LogP contribution in [0.4, 0.5) is 11.5 Å². The Hall–Kier alpha value is -2.25. The number of nitrogens with two attached hydrogens (primary N) is 1. The van der Waals surface area contributed by atoms with Crippen molar-refractivity contribution in [3.63, 3.8) is 0 Å². The van der Waals surface area contributed by atoms with E-state index in [2.05, 4.69) is 15.7 Å². The normalized spacial score (nSPS) is 11.8.